The molecule has 6 nitrogen and oxygen atoms in total. The number of nitrogens with zero attached hydrogens (tertiary/aromatic N) is 4. The van der Waals surface area contributed by atoms with Crippen LogP contribution in [0, 0.1) is 0 Å². The molecule has 20 aromatic rings. The molecule has 0 bridgehead atoms. The largest absolute Gasteiger partial charge is 0.452 e. The fourth-order valence-electron chi connectivity index (χ4n) is 19.7. The van der Waals surface area contributed by atoms with Crippen molar-refractivity contribution in [3.8, 4) is 33.4 Å². The maximum Gasteiger partial charge on any atom is 0.160 e. The Morgan fingerprint density at radius 2 is 0.483 bits per heavy atom. The van der Waals surface area contributed by atoms with Gasteiger partial charge >= 0.3 is 0 Å². The molecule has 2 aliphatic rings. The number of hydrogen-bond donors (Lipinski definition) is 0. The fourth-order valence-corrected chi connectivity index (χ4v) is 19.7. The summed E-state index contributed by atoms with van der Waals surface area (Å²) in [6, 6.07) is 143. The highest BCUT2D eigenvalue weighted by molar-refractivity contribution is 6.33. The number of benzene rings is 18. The molecular weight excluding hydrogens is 1430 g/mol. The van der Waals surface area contributed by atoms with Crippen LogP contribution in [0.3, 0.4) is 0 Å². The summed E-state index contributed by atoms with van der Waals surface area (Å²) >= 11 is 0. The molecule has 118 heavy (non-hydrogen) atoms. The second-order valence-corrected chi connectivity index (χ2v) is 32.2. The predicted molar refractivity (Wildman–Crippen MR) is 498 cm³/mol. The van der Waals surface area contributed by atoms with Gasteiger partial charge in [0.05, 0.1) is 34.1 Å². The molecule has 2 saturated carbocycles. The van der Waals surface area contributed by atoms with Crippen molar-refractivity contribution in [3.63, 3.8) is 0 Å². The molecule has 566 valence electrons. The van der Waals surface area contributed by atoms with Crippen LogP contribution in [0.5, 0.6) is 0 Å². The van der Waals surface area contributed by atoms with E-state index >= 15 is 0 Å². The van der Waals surface area contributed by atoms with E-state index in [4.69, 9.17) is 8.83 Å². The summed E-state index contributed by atoms with van der Waals surface area (Å²) in [7, 11) is 0. The third-order valence-corrected chi connectivity index (χ3v) is 25.3. The van der Waals surface area contributed by atoms with E-state index in [0.29, 0.717) is 11.8 Å². The van der Waals surface area contributed by atoms with Gasteiger partial charge in [-0.2, -0.15) is 0 Å². The lowest BCUT2D eigenvalue weighted by atomic mass is 9.84. The lowest BCUT2D eigenvalue weighted by Gasteiger charge is -2.28. The fraction of sp³-hybridized carbons (Fsp3) is 0.107. The highest BCUT2D eigenvalue weighted by atomic mass is 16.3. The van der Waals surface area contributed by atoms with Gasteiger partial charge in [-0.1, -0.05) is 312 Å². The molecule has 18 aromatic carbocycles. The number of para-hydroxylation sites is 5. The Hall–Kier alpha value is -14.2. The molecule has 2 heterocycles. The van der Waals surface area contributed by atoms with Crippen molar-refractivity contribution < 1.29 is 8.83 Å². The zero-order valence-electron chi connectivity index (χ0n) is 65.8. The van der Waals surface area contributed by atoms with E-state index in [0.717, 1.165) is 189 Å². The van der Waals surface area contributed by atoms with Gasteiger partial charge in [0.25, 0.3) is 0 Å². The van der Waals surface area contributed by atoms with E-state index in [-0.39, 0.29) is 0 Å². The molecule has 0 spiro atoms. The average molecular weight is 1520 g/mol. The van der Waals surface area contributed by atoms with Crippen molar-refractivity contribution in [2.45, 2.75) is 76.0 Å². The lowest BCUT2D eigenvalue weighted by molar-refractivity contribution is 0.443. The Bertz CT molecular complexity index is 7110. The van der Waals surface area contributed by atoms with Crippen molar-refractivity contribution in [2.75, 3.05) is 19.6 Å². The highest BCUT2D eigenvalue weighted by Gasteiger charge is 2.32. The molecule has 2 aromatic heterocycles. The normalized spacial score (nSPS) is 13.5. The summed E-state index contributed by atoms with van der Waals surface area (Å²) in [5, 5.41) is 13.2. The van der Waals surface area contributed by atoms with Crippen LogP contribution in [-0.4, -0.2) is 0 Å². The summed E-state index contributed by atoms with van der Waals surface area (Å²) in [4.78, 5) is 9.72. The van der Waals surface area contributed by atoms with Crippen LogP contribution in [-0.2, 0) is 0 Å². The van der Waals surface area contributed by atoms with Crippen molar-refractivity contribution in [2.24, 2.45) is 0 Å². The van der Waals surface area contributed by atoms with Crippen molar-refractivity contribution in [3.05, 3.63) is 399 Å². The van der Waals surface area contributed by atoms with Gasteiger partial charge < -0.3 is 28.4 Å². The maximum atomic E-state index is 8.01. The number of anilines is 12. The van der Waals surface area contributed by atoms with E-state index in [1.54, 1.807) is 0 Å². The maximum absolute atomic E-state index is 8.01. The first-order chi connectivity index (χ1) is 58.6. The molecule has 6 heteroatoms. The zero-order chi connectivity index (χ0) is 78.0. The Labute approximate surface area is 688 Å². The van der Waals surface area contributed by atoms with Gasteiger partial charge in [0.1, 0.15) is 0 Å². The molecular formula is C112H86N4O2. The van der Waals surface area contributed by atoms with Gasteiger partial charge in [0.15, 0.2) is 22.3 Å². The smallest absolute Gasteiger partial charge is 0.160 e. The molecule has 0 N–H and O–H groups in total. The molecule has 0 atom stereocenters. The van der Waals surface area contributed by atoms with Crippen LogP contribution in [0.15, 0.2) is 397 Å². The van der Waals surface area contributed by atoms with Crippen LogP contribution in [0.1, 0.15) is 87.2 Å². The van der Waals surface area contributed by atoms with E-state index in [1.807, 2.05) is 0 Å². The van der Waals surface area contributed by atoms with Crippen LogP contribution in [0.2, 0.25) is 0 Å². The minimum Gasteiger partial charge on any atom is -0.452 e. The molecule has 0 amide bonds. The number of hydrogen-bond acceptors (Lipinski definition) is 6. The molecule has 2 aliphatic carbocycles. The Kier molecular flexibility index (Phi) is 18.0. The van der Waals surface area contributed by atoms with E-state index in [1.165, 1.54) is 75.3 Å². The first-order valence-electron chi connectivity index (χ1n) is 42.2. The van der Waals surface area contributed by atoms with Gasteiger partial charge in [0, 0.05) is 66.8 Å². The van der Waals surface area contributed by atoms with Crippen LogP contribution in [0.25, 0.3) is 120 Å². The Morgan fingerprint density at radius 1 is 0.195 bits per heavy atom. The standard InChI is InChI=1S/C112H86N4O2/c1-8-32-75(33-9-1)77-58-64-90(65-59-77)113(87-43-16-5-17-44-87)101-71-83-40-22-27-53-97(83)107-108-98-70-82(56-57-86(98)74-102(110(108)117-109(101)107)114(88-45-18-6-19-46-88)91-66-60-78(61-67-91)76-34-10-2-11-35-76)79-62-68-92(69-63-79)116(100-55-31-29-50-94(100)81-38-14-4-15-39-81)104-73-85-42-24-26-52-96(85)106-105-95-51-25-23-41-84(95)72-103(111(105)118-112(104)106)115(89-47-20-7-21-48-89)99-54-30-28-49-93(99)80-36-12-3-13-37-80/h3-7,12-31,36-76H,1-2,8-11,32-35H2. The van der Waals surface area contributed by atoms with Gasteiger partial charge in [-0.05, 0) is 229 Å². The summed E-state index contributed by atoms with van der Waals surface area (Å²) in [5.74, 6) is 1.15. The van der Waals surface area contributed by atoms with Crippen molar-refractivity contribution >= 4 is 155 Å². The van der Waals surface area contributed by atoms with Crippen molar-refractivity contribution in [1.82, 2.24) is 0 Å². The second-order valence-electron chi connectivity index (χ2n) is 32.2. The summed E-state index contributed by atoms with van der Waals surface area (Å²) in [6.45, 7) is 0. The third kappa shape index (κ3) is 12.5. The Morgan fingerprint density at radius 3 is 0.881 bits per heavy atom. The quantitative estimate of drug-likeness (QED) is 0.0905. The van der Waals surface area contributed by atoms with E-state index < -0.39 is 0 Å². The topological polar surface area (TPSA) is 39.2 Å². The highest BCUT2D eigenvalue weighted by Crippen LogP contribution is 2.56. The van der Waals surface area contributed by atoms with Gasteiger partial charge in [-0.15, -0.1) is 0 Å². The first-order valence-corrected chi connectivity index (χ1v) is 42.2. The average Bonchev–Trinajstić information content (AvgIpc) is 1.55. The molecule has 0 saturated heterocycles. The van der Waals surface area contributed by atoms with E-state index in [2.05, 4.69) is 408 Å². The number of fused-ring (bicyclic) bond motifs is 14. The lowest BCUT2D eigenvalue weighted by Crippen LogP contribution is -2.12. The second kappa shape index (κ2) is 30.2. The monoisotopic (exact) mass is 1520 g/mol. The van der Waals surface area contributed by atoms with Crippen LogP contribution >= 0.6 is 0 Å². The van der Waals surface area contributed by atoms with E-state index in [9.17, 15) is 0 Å². The summed E-state index contributed by atoms with van der Waals surface area (Å²) < 4.78 is 16.0. The Balaban J connectivity index is 0.763. The van der Waals surface area contributed by atoms with Crippen molar-refractivity contribution in [1.29, 1.82) is 0 Å². The van der Waals surface area contributed by atoms with Crippen LogP contribution < -0.4 is 19.6 Å². The minimum atomic E-state index is 0.571. The molecule has 0 unspecified atom stereocenters. The minimum absolute atomic E-state index is 0.571. The van der Waals surface area contributed by atoms with Crippen LogP contribution in [0.4, 0.5) is 68.2 Å². The zero-order valence-corrected chi connectivity index (χ0v) is 65.8. The molecule has 0 radical (unpaired) electrons. The number of furan rings is 2. The molecule has 22 rings (SSSR count). The predicted octanol–water partition coefficient (Wildman–Crippen LogP) is 33.1. The molecule has 2 fully saturated rings. The first kappa shape index (κ1) is 70.4. The molecule has 0 aliphatic heterocycles. The number of rotatable bonds is 17. The SMILES string of the molecule is c1ccc(-c2ccccc2N(c2ccccc2)c2cc3ccccc3c3c2oc2c(N(c4ccc(-c5ccc6cc(N(c7ccccc7)c7ccc(C8CCCCC8)cc7)c7oc8c(N(c9ccccc9)c9ccc(C%10CCCCC%10)cc9)cc9ccccc9c8c7c6c5)cc4)c4ccccc4-c4ccccc4)cc4ccccc4c23)cc1. The van der Waals surface area contributed by atoms with Gasteiger partial charge in [0.2, 0.25) is 0 Å². The third-order valence-electron chi connectivity index (χ3n) is 25.3. The summed E-state index contributed by atoms with van der Waals surface area (Å²) in [6.07, 6.45) is 12.7. The summed E-state index contributed by atoms with van der Waals surface area (Å²) in [5.41, 5.74) is 24.8. The van der Waals surface area contributed by atoms with Gasteiger partial charge in [-0.25, -0.2) is 0 Å². The van der Waals surface area contributed by atoms with Gasteiger partial charge in [-0.3, -0.25) is 0 Å².